The van der Waals surface area contributed by atoms with Gasteiger partial charge in [0.05, 0.1) is 0 Å². The topological polar surface area (TPSA) is 52.6 Å². The highest BCUT2D eigenvalue weighted by atomic mass is 16.3. The zero-order chi connectivity index (χ0) is 14.1. The molecule has 0 atom stereocenters. The molecule has 0 aliphatic carbocycles. The summed E-state index contributed by atoms with van der Waals surface area (Å²) in [6, 6.07) is 0. The Labute approximate surface area is 117 Å². The van der Waals surface area contributed by atoms with Gasteiger partial charge in [-0.1, -0.05) is 46.0 Å². The molecule has 4 heteroatoms. The molecular weight excluding hydrogens is 240 g/mol. The first-order valence-corrected chi connectivity index (χ1v) is 7.91. The first kappa shape index (κ1) is 16.4. The van der Waals surface area contributed by atoms with E-state index in [4.69, 9.17) is 0 Å². The van der Waals surface area contributed by atoms with Gasteiger partial charge in [-0.15, -0.1) is 0 Å². The molecule has 1 heterocycles. The number of piperidine rings is 1. The summed E-state index contributed by atoms with van der Waals surface area (Å²) in [5.41, 5.74) is 1.74. The number of hydrazine groups is 1. The number of amides is 1. The van der Waals surface area contributed by atoms with E-state index in [0.717, 1.165) is 51.6 Å². The van der Waals surface area contributed by atoms with Crippen LogP contribution in [0, 0.1) is 0 Å². The van der Waals surface area contributed by atoms with Crippen molar-refractivity contribution in [3.63, 3.8) is 0 Å². The fourth-order valence-electron chi connectivity index (χ4n) is 2.54. The molecule has 0 aromatic carbocycles. The molecule has 4 nitrogen and oxygen atoms in total. The van der Waals surface area contributed by atoms with Gasteiger partial charge >= 0.3 is 0 Å². The highest BCUT2D eigenvalue weighted by Gasteiger charge is 2.35. The van der Waals surface area contributed by atoms with Crippen LogP contribution in [-0.2, 0) is 4.79 Å². The van der Waals surface area contributed by atoms with Crippen molar-refractivity contribution in [1.82, 2.24) is 10.4 Å². The quantitative estimate of drug-likeness (QED) is 0.713. The molecule has 0 aromatic heterocycles. The third kappa shape index (κ3) is 5.49. The third-order valence-corrected chi connectivity index (χ3v) is 3.93. The second kappa shape index (κ2) is 8.54. The third-order valence-electron chi connectivity index (χ3n) is 3.93. The van der Waals surface area contributed by atoms with Crippen LogP contribution in [0.1, 0.15) is 71.6 Å². The van der Waals surface area contributed by atoms with Crippen molar-refractivity contribution in [1.29, 1.82) is 0 Å². The minimum atomic E-state index is -1.18. The lowest BCUT2D eigenvalue weighted by Crippen LogP contribution is -2.54. The molecule has 112 valence electrons. The summed E-state index contributed by atoms with van der Waals surface area (Å²) >= 11 is 0. The fraction of sp³-hybridized carbons (Fsp3) is 0.933. The number of nitrogens with zero attached hydrogens (tertiary/aromatic N) is 1. The molecule has 19 heavy (non-hydrogen) atoms. The Morgan fingerprint density at radius 1 is 1.11 bits per heavy atom. The van der Waals surface area contributed by atoms with Gasteiger partial charge in [0.25, 0.3) is 5.91 Å². The summed E-state index contributed by atoms with van der Waals surface area (Å²) in [5, 5.41) is 12.6. The summed E-state index contributed by atoms with van der Waals surface area (Å²) in [7, 11) is 0. The number of hydrogen-bond acceptors (Lipinski definition) is 3. The predicted octanol–water partition coefficient (Wildman–Crippen LogP) is 2.62. The van der Waals surface area contributed by atoms with Crippen molar-refractivity contribution in [2.75, 3.05) is 13.1 Å². The predicted molar refractivity (Wildman–Crippen MR) is 77.6 cm³/mol. The second-order valence-corrected chi connectivity index (χ2v) is 5.73. The number of unbranched alkanes of at least 4 members (excludes halogenated alkanes) is 2. The van der Waals surface area contributed by atoms with Gasteiger partial charge in [-0.25, -0.2) is 5.01 Å². The molecule has 2 N–H and O–H groups in total. The molecule has 1 aliphatic rings. The molecule has 0 spiro atoms. The molecule has 1 aliphatic heterocycles. The standard InChI is InChI=1S/C15H30N2O2/c1-3-5-10-15(19,11-6-4-2)14(18)16-17-12-8-7-9-13-17/h19H,3-13H2,1-2H3,(H,16,18). The van der Waals surface area contributed by atoms with E-state index in [1.165, 1.54) is 6.42 Å². The van der Waals surface area contributed by atoms with Crippen molar-refractivity contribution in [2.45, 2.75) is 77.2 Å². The van der Waals surface area contributed by atoms with Crippen molar-refractivity contribution in [3.05, 3.63) is 0 Å². The van der Waals surface area contributed by atoms with E-state index in [-0.39, 0.29) is 5.91 Å². The first-order valence-electron chi connectivity index (χ1n) is 7.91. The number of carbonyl (C=O) groups is 1. The van der Waals surface area contributed by atoms with Crippen molar-refractivity contribution in [3.8, 4) is 0 Å². The number of nitrogens with one attached hydrogen (secondary N) is 1. The van der Waals surface area contributed by atoms with Crippen LogP contribution in [0.2, 0.25) is 0 Å². The Hall–Kier alpha value is -0.610. The molecule has 1 amide bonds. The summed E-state index contributed by atoms with van der Waals surface area (Å²) in [6.07, 6.45) is 8.44. The van der Waals surface area contributed by atoms with Gasteiger partial charge in [-0.3, -0.25) is 10.2 Å². The van der Waals surface area contributed by atoms with Gasteiger partial charge in [0, 0.05) is 13.1 Å². The molecule has 1 saturated heterocycles. The van der Waals surface area contributed by atoms with Crippen LogP contribution in [0.5, 0.6) is 0 Å². The summed E-state index contributed by atoms with van der Waals surface area (Å²) in [5.74, 6) is -0.198. The van der Waals surface area contributed by atoms with Crippen LogP contribution in [-0.4, -0.2) is 34.7 Å². The zero-order valence-electron chi connectivity index (χ0n) is 12.6. The van der Waals surface area contributed by atoms with Crippen LogP contribution in [0.25, 0.3) is 0 Å². The molecule has 1 fully saturated rings. The van der Waals surface area contributed by atoms with Crippen molar-refractivity contribution < 1.29 is 9.90 Å². The van der Waals surface area contributed by atoms with Gasteiger partial charge in [-0.2, -0.15) is 0 Å². The average molecular weight is 270 g/mol. The lowest BCUT2D eigenvalue weighted by atomic mass is 9.90. The maximum Gasteiger partial charge on any atom is 0.266 e. The first-order chi connectivity index (χ1) is 9.12. The monoisotopic (exact) mass is 270 g/mol. The van der Waals surface area contributed by atoms with E-state index in [1.54, 1.807) is 0 Å². The highest BCUT2D eigenvalue weighted by Crippen LogP contribution is 2.22. The van der Waals surface area contributed by atoms with Crippen molar-refractivity contribution in [2.24, 2.45) is 0 Å². The van der Waals surface area contributed by atoms with E-state index >= 15 is 0 Å². The normalized spacial score (nSPS) is 17.4. The number of carbonyl (C=O) groups excluding carboxylic acids is 1. The van der Waals surface area contributed by atoms with Crippen LogP contribution >= 0.6 is 0 Å². The second-order valence-electron chi connectivity index (χ2n) is 5.73. The van der Waals surface area contributed by atoms with E-state index < -0.39 is 5.60 Å². The van der Waals surface area contributed by atoms with Crippen LogP contribution in [0.4, 0.5) is 0 Å². The van der Waals surface area contributed by atoms with Crippen LogP contribution in [0.3, 0.4) is 0 Å². The summed E-state index contributed by atoms with van der Waals surface area (Å²) < 4.78 is 0. The lowest BCUT2D eigenvalue weighted by molar-refractivity contribution is -0.147. The lowest BCUT2D eigenvalue weighted by Gasteiger charge is -2.33. The smallest absolute Gasteiger partial charge is 0.266 e. The van der Waals surface area contributed by atoms with E-state index in [2.05, 4.69) is 19.3 Å². The minimum absolute atomic E-state index is 0.198. The molecular formula is C15H30N2O2. The largest absolute Gasteiger partial charge is 0.380 e. The van der Waals surface area contributed by atoms with Crippen LogP contribution < -0.4 is 5.43 Å². The molecule has 0 radical (unpaired) electrons. The molecule has 0 aromatic rings. The van der Waals surface area contributed by atoms with E-state index in [0.29, 0.717) is 12.8 Å². The maximum absolute atomic E-state index is 12.3. The fourth-order valence-corrected chi connectivity index (χ4v) is 2.54. The number of hydrogen-bond donors (Lipinski definition) is 2. The van der Waals surface area contributed by atoms with Gasteiger partial charge in [-0.05, 0) is 25.7 Å². The molecule has 1 rings (SSSR count). The van der Waals surface area contributed by atoms with E-state index in [1.807, 2.05) is 5.01 Å². The highest BCUT2D eigenvalue weighted by molar-refractivity contribution is 5.84. The van der Waals surface area contributed by atoms with Gasteiger partial charge < -0.3 is 5.11 Å². The maximum atomic E-state index is 12.3. The Morgan fingerprint density at radius 3 is 2.11 bits per heavy atom. The SMILES string of the molecule is CCCCC(O)(CCCC)C(=O)NN1CCCCC1. The minimum Gasteiger partial charge on any atom is -0.380 e. The van der Waals surface area contributed by atoms with Gasteiger partial charge in [0.1, 0.15) is 5.60 Å². The summed E-state index contributed by atoms with van der Waals surface area (Å²) in [6.45, 7) is 5.98. The average Bonchev–Trinajstić information content (AvgIpc) is 2.44. The number of aliphatic hydroxyl groups is 1. The number of rotatable bonds is 8. The Bertz CT molecular complexity index is 255. The van der Waals surface area contributed by atoms with Gasteiger partial charge in [0.15, 0.2) is 0 Å². The molecule has 0 saturated carbocycles. The molecule has 0 unspecified atom stereocenters. The zero-order valence-corrected chi connectivity index (χ0v) is 12.6. The molecule has 0 bridgehead atoms. The Morgan fingerprint density at radius 2 is 1.63 bits per heavy atom. The Balaban J connectivity index is 2.53. The van der Waals surface area contributed by atoms with Crippen LogP contribution in [0.15, 0.2) is 0 Å². The Kier molecular flexibility index (Phi) is 7.39. The van der Waals surface area contributed by atoms with E-state index in [9.17, 15) is 9.90 Å². The van der Waals surface area contributed by atoms with Crippen molar-refractivity contribution >= 4 is 5.91 Å². The summed E-state index contributed by atoms with van der Waals surface area (Å²) in [4.78, 5) is 12.3. The van der Waals surface area contributed by atoms with Gasteiger partial charge in [0.2, 0.25) is 0 Å².